The first-order valence-corrected chi connectivity index (χ1v) is 12.7. The van der Waals surface area contributed by atoms with E-state index >= 15 is 0 Å². The third-order valence-electron chi connectivity index (χ3n) is 6.16. The number of methoxy groups -OCH3 is 1. The number of nitrogens with zero attached hydrogens (tertiary/aromatic N) is 2. The zero-order valence-corrected chi connectivity index (χ0v) is 22.0. The van der Waals surface area contributed by atoms with Gasteiger partial charge in [0.25, 0.3) is 5.78 Å². The summed E-state index contributed by atoms with van der Waals surface area (Å²) in [4.78, 5) is 44.8. The Morgan fingerprint density at radius 3 is 2.64 bits per heavy atom. The van der Waals surface area contributed by atoms with Gasteiger partial charge in [0.05, 0.1) is 24.4 Å². The molecule has 2 aliphatic rings. The third kappa shape index (κ3) is 4.00. The van der Waals surface area contributed by atoms with E-state index in [2.05, 4.69) is 20.9 Å². The van der Waals surface area contributed by atoms with Gasteiger partial charge >= 0.3 is 11.9 Å². The van der Waals surface area contributed by atoms with Crippen LogP contribution in [-0.2, 0) is 20.7 Å². The zero-order chi connectivity index (χ0) is 25.7. The van der Waals surface area contributed by atoms with Gasteiger partial charge in [-0.2, -0.15) is 0 Å². The first-order chi connectivity index (χ1) is 17.2. The van der Waals surface area contributed by atoms with Gasteiger partial charge in [-0.25, -0.2) is 9.78 Å². The monoisotopic (exact) mass is 568 g/mol. The number of aliphatic hydroxyl groups is 1. The molecule has 0 spiro atoms. The molecule has 2 aliphatic heterocycles. The molecule has 10 heteroatoms. The van der Waals surface area contributed by atoms with Gasteiger partial charge in [0, 0.05) is 16.5 Å². The number of halogens is 1. The second-order valence-corrected chi connectivity index (χ2v) is 10.5. The van der Waals surface area contributed by atoms with Gasteiger partial charge in [-0.3, -0.25) is 14.5 Å². The first kappa shape index (κ1) is 24.2. The molecule has 1 N–H and O–H groups in total. The largest absolute Gasteiger partial charge is 0.507 e. The number of ether oxygens (including phenoxy) is 2. The normalized spacial score (nSPS) is 20.4. The number of esters is 1. The van der Waals surface area contributed by atoms with E-state index in [4.69, 9.17) is 9.47 Å². The quantitative estimate of drug-likeness (QED) is 0.205. The van der Waals surface area contributed by atoms with Crippen LogP contribution in [0.1, 0.15) is 45.0 Å². The van der Waals surface area contributed by atoms with Gasteiger partial charge in [-0.1, -0.05) is 39.4 Å². The second-order valence-electron chi connectivity index (χ2n) is 8.58. The highest BCUT2D eigenvalue weighted by molar-refractivity contribution is 9.10. The fraction of sp³-hybridized carbons (Fsp3) is 0.231. The highest BCUT2D eigenvalue weighted by Crippen LogP contribution is 2.44. The average molecular weight is 569 g/mol. The minimum atomic E-state index is -0.947. The Kier molecular flexibility index (Phi) is 6.17. The third-order valence-corrected chi connectivity index (χ3v) is 7.83. The number of thiazole rings is 1. The summed E-state index contributed by atoms with van der Waals surface area (Å²) in [5, 5.41) is 11.5. The van der Waals surface area contributed by atoms with Crippen molar-refractivity contribution in [1.29, 1.82) is 0 Å². The highest BCUT2D eigenvalue weighted by atomic mass is 79.9. The fourth-order valence-corrected chi connectivity index (χ4v) is 5.76. The first-order valence-electron chi connectivity index (χ1n) is 11.1. The molecule has 2 unspecified atom stereocenters. The summed E-state index contributed by atoms with van der Waals surface area (Å²) in [5.74, 6) is -1.81. The summed E-state index contributed by atoms with van der Waals surface area (Å²) in [5.41, 5.74) is 2.26. The molecule has 5 rings (SSSR count). The number of aromatic nitrogens is 1. The van der Waals surface area contributed by atoms with Crippen molar-refractivity contribution in [3.8, 4) is 5.75 Å². The van der Waals surface area contributed by atoms with E-state index in [1.165, 1.54) is 12.0 Å². The van der Waals surface area contributed by atoms with Crippen LogP contribution in [0.15, 0.2) is 52.5 Å². The highest BCUT2D eigenvalue weighted by Gasteiger charge is 2.48. The van der Waals surface area contributed by atoms with E-state index in [0.717, 1.165) is 27.1 Å². The summed E-state index contributed by atoms with van der Waals surface area (Å²) in [6, 6.07) is 11.4. The summed E-state index contributed by atoms with van der Waals surface area (Å²) in [6.07, 6.45) is 0.693. The minimum Gasteiger partial charge on any atom is -0.507 e. The van der Waals surface area contributed by atoms with Crippen molar-refractivity contribution in [1.82, 2.24) is 4.98 Å². The summed E-state index contributed by atoms with van der Waals surface area (Å²) in [7, 11) is 1.26. The van der Waals surface area contributed by atoms with Gasteiger partial charge in [0.15, 0.2) is 5.13 Å². The van der Waals surface area contributed by atoms with E-state index in [1.807, 2.05) is 6.92 Å². The Hall–Kier alpha value is -3.50. The maximum atomic E-state index is 13.4. The molecule has 2 atom stereocenters. The Labute approximate surface area is 219 Å². The number of amides is 1. The van der Waals surface area contributed by atoms with Crippen molar-refractivity contribution in [2.75, 3.05) is 12.0 Å². The SMILES string of the molecule is COC(=O)c1sc(N2C(=O)C(=O)C(=C(O)c3ccc4c(c3)CC(C)O4)C2c2ccc(Br)cc2)nc1C. The van der Waals surface area contributed by atoms with Crippen molar-refractivity contribution < 1.29 is 29.0 Å². The number of fused-ring (bicyclic) bond motifs is 1. The van der Waals surface area contributed by atoms with Crippen molar-refractivity contribution in [3.05, 3.63) is 79.8 Å². The van der Waals surface area contributed by atoms with Crippen LogP contribution < -0.4 is 9.64 Å². The number of anilines is 1. The molecule has 36 heavy (non-hydrogen) atoms. The van der Waals surface area contributed by atoms with E-state index < -0.39 is 23.7 Å². The van der Waals surface area contributed by atoms with Crippen LogP contribution in [-0.4, -0.2) is 41.0 Å². The number of carbonyl (C=O) groups excluding carboxylic acids is 3. The fourth-order valence-electron chi connectivity index (χ4n) is 4.48. The van der Waals surface area contributed by atoms with E-state index in [1.54, 1.807) is 49.4 Å². The molecular weight excluding hydrogens is 548 g/mol. The maximum absolute atomic E-state index is 13.4. The van der Waals surface area contributed by atoms with E-state index in [-0.39, 0.29) is 27.4 Å². The van der Waals surface area contributed by atoms with Gasteiger partial charge in [-0.15, -0.1) is 0 Å². The van der Waals surface area contributed by atoms with Crippen LogP contribution in [0.4, 0.5) is 5.13 Å². The molecule has 1 aromatic heterocycles. The molecule has 0 radical (unpaired) electrons. The lowest BCUT2D eigenvalue weighted by atomic mass is 9.94. The number of benzene rings is 2. The molecule has 0 bridgehead atoms. The number of hydrogen-bond acceptors (Lipinski definition) is 8. The van der Waals surface area contributed by atoms with Crippen LogP contribution in [0.5, 0.6) is 5.75 Å². The number of aliphatic hydroxyl groups excluding tert-OH is 1. The number of rotatable bonds is 4. The van der Waals surface area contributed by atoms with Crippen molar-refractivity contribution in [2.45, 2.75) is 32.4 Å². The van der Waals surface area contributed by atoms with Crippen molar-refractivity contribution in [3.63, 3.8) is 0 Å². The molecule has 1 amide bonds. The molecule has 0 saturated carbocycles. The summed E-state index contributed by atoms with van der Waals surface area (Å²) in [6.45, 7) is 3.59. The number of ketones is 1. The second kappa shape index (κ2) is 9.18. The molecule has 1 fully saturated rings. The van der Waals surface area contributed by atoms with Crippen molar-refractivity contribution >= 4 is 55.8 Å². The summed E-state index contributed by atoms with van der Waals surface area (Å²) >= 11 is 4.37. The van der Waals surface area contributed by atoms with Crippen LogP contribution in [0.3, 0.4) is 0 Å². The van der Waals surface area contributed by atoms with Gasteiger partial charge in [0.1, 0.15) is 22.5 Å². The Morgan fingerprint density at radius 1 is 1.22 bits per heavy atom. The lowest BCUT2D eigenvalue weighted by Gasteiger charge is -2.23. The molecule has 3 heterocycles. The molecule has 2 aromatic carbocycles. The number of Topliss-reactive ketones (excluding diaryl/α,β-unsaturated/α-hetero) is 1. The molecular formula is C26H21BrN2O6S. The predicted octanol–water partition coefficient (Wildman–Crippen LogP) is 4.95. The molecule has 0 aliphatic carbocycles. The maximum Gasteiger partial charge on any atom is 0.350 e. The Morgan fingerprint density at radius 2 is 1.94 bits per heavy atom. The topological polar surface area (TPSA) is 106 Å². The summed E-state index contributed by atoms with van der Waals surface area (Å²) < 4.78 is 11.4. The van der Waals surface area contributed by atoms with E-state index in [9.17, 15) is 19.5 Å². The molecule has 3 aromatic rings. The number of carbonyl (C=O) groups is 3. The molecule has 8 nitrogen and oxygen atoms in total. The van der Waals surface area contributed by atoms with Gasteiger partial charge < -0.3 is 14.6 Å². The number of aryl methyl sites for hydroxylation is 1. The zero-order valence-electron chi connectivity index (χ0n) is 19.6. The van der Waals surface area contributed by atoms with Crippen LogP contribution in [0.25, 0.3) is 5.76 Å². The molecule has 1 saturated heterocycles. The standard InChI is InChI=1S/C26H21BrN2O6S/c1-12-10-16-11-15(6-9-18(16)35-12)21(30)19-20(14-4-7-17(27)8-5-14)29(24(32)22(19)31)26-28-13(2)23(36-26)25(33)34-3/h4-9,11-12,20,30H,10H2,1-3H3. The Balaban J connectivity index is 1.68. The number of hydrogen-bond donors (Lipinski definition) is 1. The Bertz CT molecular complexity index is 1450. The van der Waals surface area contributed by atoms with Gasteiger partial charge in [0.2, 0.25) is 0 Å². The molecule has 184 valence electrons. The van der Waals surface area contributed by atoms with Crippen LogP contribution in [0, 0.1) is 6.92 Å². The van der Waals surface area contributed by atoms with Gasteiger partial charge in [-0.05, 0) is 55.3 Å². The predicted molar refractivity (Wildman–Crippen MR) is 137 cm³/mol. The minimum absolute atomic E-state index is 0.0166. The van der Waals surface area contributed by atoms with Crippen LogP contribution >= 0.6 is 27.3 Å². The van der Waals surface area contributed by atoms with Crippen molar-refractivity contribution in [2.24, 2.45) is 0 Å². The lowest BCUT2D eigenvalue weighted by molar-refractivity contribution is -0.132. The van der Waals surface area contributed by atoms with E-state index in [0.29, 0.717) is 23.2 Å². The lowest BCUT2D eigenvalue weighted by Crippen LogP contribution is -2.29. The smallest absolute Gasteiger partial charge is 0.350 e. The average Bonchev–Trinajstić information content (AvgIpc) is 3.50. The van der Waals surface area contributed by atoms with Crippen LogP contribution in [0.2, 0.25) is 0 Å².